The van der Waals surface area contributed by atoms with Crippen molar-refractivity contribution in [2.45, 2.75) is 31.8 Å². The molecule has 1 aliphatic carbocycles. The summed E-state index contributed by atoms with van der Waals surface area (Å²) in [5, 5.41) is 8.58. The van der Waals surface area contributed by atoms with Crippen LogP contribution in [0.1, 0.15) is 25.7 Å². The molecule has 3 rings (SSSR count). The summed E-state index contributed by atoms with van der Waals surface area (Å²) >= 11 is 0. The molecule has 24 heavy (non-hydrogen) atoms. The minimum Gasteiger partial charge on any atom is -0.494 e. The van der Waals surface area contributed by atoms with Crippen molar-refractivity contribution in [1.29, 1.82) is 0 Å². The van der Waals surface area contributed by atoms with E-state index >= 15 is 0 Å². The molecule has 1 N–H and O–H groups in total. The first-order valence-electron chi connectivity index (χ1n) is 8.03. The minimum absolute atomic E-state index is 0.0804. The summed E-state index contributed by atoms with van der Waals surface area (Å²) in [6, 6.07) is 11.9. The van der Waals surface area contributed by atoms with Gasteiger partial charge in [-0.05, 0) is 55.2 Å². The molecule has 0 aromatic heterocycles. The standard InChI is InChI=1S/C19H19FO4/c20-18-10-9-16(24-15-7-8-15)12-17(18)13-3-5-14(6-4-13)23-11-1-2-19(21)22/h3-6,9-10,12,15H,1-2,7-8,11H2,(H,21,22). The third-order valence-electron chi connectivity index (χ3n) is 3.73. The number of halogens is 1. The second-order valence-electron chi connectivity index (χ2n) is 5.83. The average molecular weight is 330 g/mol. The predicted molar refractivity (Wildman–Crippen MR) is 87.9 cm³/mol. The molecule has 0 bridgehead atoms. The Morgan fingerprint density at radius 2 is 1.83 bits per heavy atom. The SMILES string of the molecule is O=C(O)CCCOc1ccc(-c2cc(OC3CC3)ccc2F)cc1. The first-order chi connectivity index (χ1) is 11.6. The molecule has 126 valence electrons. The molecule has 1 fully saturated rings. The maximum absolute atomic E-state index is 14.1. The molecule has 2 aromatic carbocycles. The lowest BCUT2D eigenvalue weighted by Crippen LogP contribution is -2.02. The van der Waals surface area contributed by atoms with Crippen LogP contribution in [0.5, 0.6) is 11.5 Å². The molecule has 2 aromatic rings. The van der Waals surface area contributed by atoms with Crippen molar-refractivity contribution < 1.29 is 23.8 Å². The number of carboxylic acids is 1. The van der Waals surface area contributed by atoms with E-state index in [1.165, 1.54) is 6.07 Å². The van der Waals surface area contributed by atoms with E-state index in [0.717, 1.165) is 18.4 Å². The maximum atomic E-state index is 14.1. The molecular weight excluding hydrogens is 311 g/mol. The Bertz CT molecular complexity index is 708. The van der Waals surface area contributed by atoms with Crippen LogP contribution in [0.4, 0.5) is 4.39 Å². The highest BCUT2D eigenvalue weighted by Crippen LogP contribution is 2.32. The molecular formula is C19H19FO4. The number of hydrogen-bond acceptors (Lipinski definition) is 3. The summed E-state index contributed by atoms with van der Waals surface area (Å²) in [7, 11) is 0. The number of aliphatic carboxylic acids is 1. The van der Waals surface area contributed by atoms with E-state index in [0.29, 0.717) is 30.1 Å². The number of ether oxygens (including phenoxy) is 2. The highest BCUT2D eigenvalue weighted by molar-refractivity contribution is 5.67. The van der Waals surface area contributed by atoms with E-state index in [1.807, 2.05) is 0 Å². The zero-order chi connectivity index (χ0) is 16.9. The number of carboxylic acid groups (broad SMARTS) is 1. The summed E-state index contributed by atoms with van der Waals surface area (Å²) < 4.78 is 25.3. The van der Waals surface area contributed by atoms with Gasteiger partial charge >= 0.3 is 5.97 Å². The fourth-order valence-electron chi connectivity index (χ4n) is 2.32. The van der Waals surface area contributed by atoms with Crippen molar-refractivity contribution in [2.24, 2.45) is 0 Å². The molecule has 0 radical (unpaired) electrons. The first-order valence-corrected chi connectivity index (χ1v) is 8.03. The summed E-state index contributed by atoms with van der Waals surface area (Å²) in [5.74, 6) is 0.184. The van der Waals surface area contributed by atoms with Crippen LogP contribution >= 0.6 is 0 Å². The van der Waals surface area contributed by atoms with E-state index in [4.69, 9.17) is 14.6 Å². The lowest BCUT2D eigenvalue weighted by Gasteiger charge is -2.10. The summed E-state index contributed by atoms with van der Waals surface area (Å²) in [4.78, 5) is 10.4. The van der Waals surface area contributed by atoms with E-state index in [9.17, 15) is 9.18 Å². The Balaban J connectivity index is 1.65. The number of hydrogen-bond donors (Lipinski definition) is 1. The minimum atomic E-state index is -0.835. The van der Waals surface area contributed by atoms with Gasteiger partial charge < -0.3 is 14.6 Å². The average Bonchev–Trinajstić information content (AvgIpc) is 3.38. The van der Waals surface area contributed by atoms with Crippen LogP contribution in [0.25, 0.3) is 11.1 Å². The normalized spacial score (nSPS) is 13.5. The first kappa shape index (κ1) is 16.3. The third kappa shape index (κ3) is 4.47. The van der Waals surface area contributed by atoms with E-state index in [1.54, 1.807) is 36.4 Å². The van der Waals surface area contributed by atoms with Gasteiger partial charge in [-0.3, -0.25) is 4.79 Å². The van der Waals surface area contributed by atoms with E-state index < -0.39 is 5.97 Å². The van der Waals surface area contributed by atoms with Gasteiger partial charge in [-0.1, -0.05) is 12.1 Å². The van der Waals surface area contributed by atoms with Crippen LogP contribution in [0.3, 0.4) is 0 Å². The van der Waals surface area contributed by atoms with Crippen LogP contribution in [0.15, 0.2) is 42.5 Å². The Hall–Kier alpha value is -2.56. The Morgan fingerprint density at radius 1 is 1.12 bits per heavy atom. The molecule has 0 saturated heterocycles. The zero-order valence-corrected chi connectivity index (χ0v) is 13.2. The lowest BCUT2D eigenvalue weighted by molar-refractivity contribution is -0.137. The largest absolute Gasteiger partial charge is 0.494 e. The Kier molecular flexibility index (Phi) is 4.99. The highest BCUT2D eigenvalue weighted by atomic mass is 19.1. The molecule has 1 aliphatic rings. The highest BCUT2D eigenvalue weighted by Gasteiger charge is 2.23. The van der Waals surface area contributed by atoms with Crippen LogP contribution in [0.2, 0.25) is 0 Å². The van der Waals surface area contributed by atoms with Gasteiger partial charge in [-0.25, -0.2) is 4.39 Å². The quantitative estimate of drug-likeness (QED) is 0.734. The van der Waals surface area contributed by atoms with Crippen molar-refractivity contribution >= 4 is 5.97 Å². The number of rotatable bonds is 8. The van der Waals surface area contributed by atoms with Crippen LogP contribution in [0, 0.1) is 5.82 Å². The van der Waals surface area contributed by atoms with Gasteiger partial charge in [0.05, 0.1) is 12.7 Å². The van der Waals surface area contributed by atoms with Crippen molar-refractivity contribution in [2.75, 3.05) is 6.61 Å². The van der Waals surface area contributed by atoms with Crippen molar-refractivity contribution in [3.63, 3.8) is 0 Å². The summed E-state index contributed by atoms with van der Waals surface area (Å²) in [6.07, 6.45) is 2.91. The molecule has 0 heterocycles. The second kappa shape index (κ2) is 7.34. The molecule has 0 amide bonds. The maximum Gasteiger partial charge on any atom is 0.303 e. The molecule has 5 heteroatoms. The van der Waals surface area contributed by atoms with Crippen molar-refractivity contribution in [3.8, 4) is 22.6 Å². The van der Waals surface area contributed by atoms with Crippen LogP contribution in [-0.2, 0) is 4.79 Å². The van der Waals surface area contributed by atoms with Gasteiger partial charge in [-0.2, -0.15) is 0 Å². The monoisotopic (exact) mass is 330 g/mol. The van der Waals surface area contributed by atoms with Gasteiger partial charge in [0.1, 0.15) is 17.3 Å². The molecule has 0 unspecified atom stereocenters. The van der Waals surface area contributed by atoms with Gasteiger partial charge in [-0.15, -0.1) is 0 Å². The molecule has 0 aliphatic heterocycles. The Morgan fingerprint density at radius 3 is 2.50 bits per heavy atom. The zero-order valence-electron chi connectivity index (χ0n) is 13.2. The van der Waals surface area contributed by atoms with E-state index in [2.05, 4.69) is 0 Å². The topological polar surface area (TPSA) is 55.8 Å². The fourth-order valence-corrected chi connectivity index (χ4v) is 2.32. The number of carbonyl (C=O) groups is 1. The van der Waals surface area contributed by atoms with Crippen molar-refractivity contribution in [3.05, 3.63) is 48.3 Å². The summed E-state index contributed by atoms with van der Waals surface area (Å²) in [5.41, 5.74) is 1.23. The molecule has 4 nitrogen and oxygen atoms in total. The van der Waals surface area contributed by atoms with Crippen LogP contribution in [-0.4, -0.2) is 23.8 Å². The van der Waals surface area contributed by atoms with Gasteiger partial charge in [0.15, 0.2) is 0 Å². The molecule has 0 spiro atoms. The van der Waals surface area contributed by atoms with Crippen LogP contribution < -0.4 is 9.47 Å². The summed E-state index contributed by atoms with van der Waals surface area (Å²) in [6.45, 7) is 0.338. The predicted octanol–water partition coefficient (Wildman–Crippen LogP) is 4.28. The third-order valence-corrected chi connectivity index (χ3v) is 3.73. The number of benzene rings is 2. The molecule has 1 saturated carbocycles. The van der Waals surface area contributed by atoms with Gasteiger partial charge in [0.25, 0.3) is 0 Å². The fraction of sp³-hybridized carbons (Fsp3) is 0.316. The van der Waals surface area contributed by atoms with E-state index in [-0.39, 0.29) is 18.3 Å². The second-order valence-corrected chi connectivity index (χ2v) is 5.83. The smallest absolute Gasteiger partial charge is 0.303 e. The van der Waals surface area contributed by atoms with Gasteiger partial charge in [0, 0.05) is 12.0 Å². The van der Waals surface area contributed by atoms with Crippen molar-refractivity contribution in [1.82, 2.24) is 0 Å². The van der Waals surface area contributed by atoms with Gasteiger partial charge in [0.2, 0.25) is 0 Å². The Labute approximate surface area is 139 Å². The molecule has 0 atom stereocenters. The lowest BCUT2D eigenvalue weighted by atomic mass is 10.0.